The second-order valence-electron chi connectivity index (χ2n) is 5.43. The number of nitriles is 1. The molecule has 2 aromatic rings. The predicted octanol–water partition coefficient (Wildman–Crippen LogP) is 2.93. The summed E-state index contributed by atoms with van der Waals surface area (Å²) in [7, 11) is -3.42. The van der Waals surface area contributed by atoms with E-state index in [0.29, 0.717) is 11.3 Å². The lowest BCUT2D eigenvalue weighted by molar-refractivity contribution is -0.113. The number of phenolic OH excluding ortho intramolecular Hbond substituents is 1. The molecule has 0 aliphatic carbocycles. The lowest BCUT2D eigenvalue weighted by Crippen LogP contribution is -2.15. The van der Waals surface area contributed by atoms with Gasteiger partial charge in [0.25, 0.3) is 0 Å². The quantitative estimate of drug-likeness (QED) is 0.704. The topological polar surface area (TPSA) is 107 Å². The first-order chi connectivity index (χ1) is 12.4. The van der Waals surface area contributed by atoms with E-state index in [1.54, 1.807) is 12.1 Å². The fraction of sp³-hybridized carbons (Fsp3) is 0.222. The van der Waals surface area contributed by atoms with Gasteiger partial charge in [-0.3, -0.25) is 4.79 Å². The lowest BCUT2D eigenvalue weighted by atomic mass is 10.2. The van der Waals surface area contributed by atoms with E-state index in [1.165, 1.54) is 36.9 Å². The molecule has 0 saturated heterocycles. The van der Waals surface area contributed by atoms with Gasteiger partial charge >= 0.3 is 0 Å². The van der Waals surface area contributed by atoms with Gasteiger partial charge in [-0.05, 0) is 35.9 Å². The number of rotatable bonds is 7. The summed E-state index contributed by atoms with van der Waals surface area (Å²) in [6, 6.07) is 13.0. The van der Waals surface area contributed by atoms with Gasteiger partial charge in [0.1, 0.15) is 5.75 Å². The number of hydrogen-bond acceptors (Lipinski definition) is 6. The smallest absolute Gasteiger partial charge is 0.234 e. The van der Waals surface area contributed by atoms with Gasteiger partial charge in [0.2, 0.25) is 5.91 Å². The molecule has 0 unspecified atom stereocenters. The van der Waals surface area contributed by atoms with Crippen molar-refractivity contribution in [1.82, 2.24) is 0 Å². The van der Waals surface area contributed by atoms with Gasteiger partial charge in [-0.2, -0.15) is 5.26 Å². The first-order valence-electron chi connectivity index (χ1n) is 7.78. The summed E-state index contributed by atoms with van der Waals surface area (Å²) in [5.41, 5.74) is 1.64. The Morgan fingerprint density at radius 2 is 1.92 bits per heavy atom. The molecule has 0 atom stereocenters. The van der Waals surface area contributed by atoms with Crippen LogP contribution in [0.1, 0.15) is 18.1 Å². The summed E-state index contributed by atoms with van der Waals surface area (Å²) in [4.78, 5) is 12.1. The van der Waals surface area contributed by atoms with Crippen molar-refractivity contribution in [3.8, 4) is 11.8 Å². The number of carbonyl (C=O) groups is 1. The summed E-state index contributed by atoms with van der Waals surface area (Å²) < 4.78 is 23.8. The van der Waals surface area contributed by atoms with Crippen molar-refractivity contribution in [1.29, 1.82) is 5.26 Å². The SMILES string of the molecule is CCS(=O)(=O)c1ccc(O)c(NC(=O)CSCc2ccc(C#N)cc2)c1. The normalized spacial score (nSPS) is 10.9. The average Bonchev–Trinajstić information content (AvgIpc) is 2.64. The van der Waals surface area contributed by atoms with Crippen LogP contribution >= 0.6 is 11.8 Å². The van der Waals surface area contributed by atoms with Crippen LogP contribution in [-0.2, 0) is 20.4 Å². The molecule has 0 aliphatic rings. The zero-order valence-electron chi connectivity index (χ0n) is 14.1. The largest absolute Gasteiger partial charge is 0.506 e. The van der Waals surface area contributed by atoms with Crippen LogP contribution in [0.15, 0.2) is 47.4 Å². The average molecular weight is 390 g/mol. The van der Waals surface area contributed by atoms with Crippen molar-refractivity contribution in [3.05, 3.63) is 53.6 Å². The number of sulfone groups is 1. The fourth-order valence-electron chi connectivity index (χ4n) is 2.10. The Bertz CT molecular complexity index is 933. The van der Waals surface area contributed by atoms with Gasteiger partial charge in [0.15, 0.2) is 9.84 Å². The highest BCUT2D eigenvalue weighted by Crippen LogP contribution is 2.27. The van der Waals surface area contributed by atoms with Gasteiger partial charge in [-0.25, -0.2) is 8.42 Å². The Morgan fingerprint density at radius 3 is 2.54 bits per heavy atom. The summed E-state index contributed by atoms with van der Waals surface area (Å²) in [5, 5.41) is 21.1. The van der Waals surface area contributed by atoms with Gasteiger partial charge in [0.05, 0.1) is 33.7 Å². The zero-order chi connectivity index (χ0) is 19.2. The number of nitrogens with zero attached hydrogens (tertiary/aromatic N) is 1. The molecule has 2 rings (SSSR count). The van der Waals surface area contributed by atoms with E-state index in [9.17, 15) is 18.3 Å². The molecule has 2 aromatic carbocycles. The van der Waals surface area contributed by atoms with Crippen LogP contribution in [0.2, 0.25) is 0 Å². The summed E-state index contributed by atoms with van der Waals surface area (Å²) in [6.07, 6.45) is 0. The molecule has 0 heterocycles. The number of nitrogens with one attached hydrogen (secondary N) is 1. The first-order valence-corrected chi connectivity index (χ1v) is 10.6. The molecule has 136 valence electrons. The third-order valence-corrected chi connectivity index (χ3v) is 6.30. The van der Waals surface area contributed by atoms with E-state index in [4.69, 9.17) is 5.26 Å². The second kappa shape index (κ2) is 8.74. The van der Waals surface area contributed by atoms with Crippen LogP contribution in [-0.4, -0.2) is 30.9 Å². The van der Waals surface area contributed by atoms with Gasteiger partial charge in [-0.15, -0.1) is 11.8 Å². The highest BCUT2D eigenvalue weighted by molar-refractivity contribution is 7.99. The minimum absolute atomic E-state index is 0.0540. The van der Waals surface area contributed by atoms with Crippen molar-refractivity contribution in [2.45, 2.75) is 17.6 Å². The van der Waals surface area contributed by atoms with E-state index in [0.717, 1.165) is 5.56 Å². The number of phenols is 1. The number of aromatic hydroxyl groups is 1. The first kappa shape index (κ1) is 19.8. The zero-order valence-corrected chi connectivity index (χ0v) is 15.7. The van der Waals surface area contributed by atoms with Crippen molar-refractivity contribution in [3.63, 3.8) is 0 Å². The number of hydrogen-bond donors (Lipinski definition) is 2. The number of amides is 1. The molecule has 0 bridgehead atoms. The molecule has 0 fully saturated rings. The third kappa shape index (κ3) is 5.25. The van der Waals surface area contributed by atoms with Crippen molar-refractivity contribution in [2.75, 3.05) is 16.8 Å². The number of carbonyl (C=O) groups excluding carboxylic acids is 1. The Hall–Kier alpha value is -2.50. The maximum absolute atomic E-state index is 12.1. The highest BCUT2D eigenvalue weighted by Gasteiger charge is 2.15. The van der Waals surface area contributed by atoms with Crippen molar-refractivity contribution < 1.29 is 18.3 Å². The molecule has 0 aromatic heterocycles. The third-order valence-electron chi connectivity index (χ3n) is 3.57. The van der Waals surface area contributed by atoms with Crippen LogP contribution in [0.4, 0.5) is 5.69 Å². The Balaban J connectivity index is 1.95. The van der Waals surface area contributed by atoms with Crippen LogP contribution in [0.5, 0.6) is 5.75 Å². The molecule has 1 amide bonds. The summed E-state index contributed by atoms with van der Waals surface area (Å²) >= 11 is 1.37. The predicted molar refractivity (Wildman–Crippen MR) is 102 cm³/mol. The summed E-state index contributed by atoms with van der Waals surface area (Å²) in [5.74, 6) is 0.140. The molecule has 6 nitrogen and oxygen atoms in total. The minimum Gasteiger partial charge on any atom is -0.506 e. The molecule has 0 saturated carbocycles. The number of benzene rings is 2. The molecule has 8 heteroatoms. The monoisotopic (exact) mass is 390 g/mol. The Morgan fingerprint density at radius 1 is 1.23 bits per heavy atom. The number of anilines is 1. The number of thioether (sulfide) groups is 1. The molecular formula is C18H18N2O4S2. The maximum atomic E-state index is 12.1. The Labute approximate surface area is 156 Å². The second-order valence-corrected chi connectivity index (χ2v) is 8.70. The molecule has 2 N–H and O–H groups in total. The van der Waals surface area contributed by atoms with Gasteiger partial charge < -0.3 is 10.4 Å². The summed E-state index contributed by atoms with van der Waals surface area (Å²) in [6.45, 7) is 1.53. The lowest BCUT2D eigenvalue weighted by Gasteiger charge is -2.09. The standard InChI is InChI=1S/C18H18N2O4S2/c1-2-26(23,24)15-7-8-17(21)16(9-15)20-18(22)12-25-11-14-5-3-13(10-19)4-6-14/h3-9,21H,2,11-12H2,1H3,(H,20,22). The van der Waals surface area contributed by atoms with E-state index in [2.05, 4.69) is 5.32 Å². The van der Waals surface area contributed by atoms with Crippen molar-refractivity contribution in [2.24, 2.45) is 0 Å². The van der Waals surface area contributed by atoms with Crippen molar-refractivity contribution >= 4 is 33.2 Å². The van der Waals surface area contributed by atoms with E-state index < -0.39 is 9.84 Å². The van der Waals surface area contributed by atoms with Crippen LogP contribution in [0.25, 0.3) is 0 Å². The molecule has 0 spiro atoms. The van der Waals surface area contributed by atoms with Crippen LogP contribution in [0, 0.1) is 11.3 Å². The van der Waals surface area contributed by atoms with Gasteiger partial charge in [0, 0.05) is 5.75 Å². The maximum Gasteiger partial charge on any atom is 0.234 e. The fourth-order valence-corrected chi connectivity index (χ4v) is 3.79. The molecule has 26 heavy (non-hydrogen) atoms. The van der Waals surface area contributed by atoms with E-state index in [1.807, 2.05) is 18.2 Å². The highest BCUT2D eigenvalue weighted by atomic mass is 32.2. The van der Waals surface area contributed by atoms with Crippen LogP contribution < -0.4 is 5.32 Å². The van der Waals surface area contributed by atoms with E-state index in [-0.39, 0.29) is 33.7 Å². The minimum atomic E-state index is -3.42. The van der Waals surface area contributed by atoms with E-state index >= 15 is 0 Å². The Kier molecular flexibility index (Phi) is 6.66. The molecule has 0 radical (unpaired) electrons. The van der Waals surface area contributed by atoms with Gasteiger partial charge in [-0.1, -0.05) is 19.1 Å². The molecule has 0 aliphatic heterocycles. The van der Waals surface area contributed by atoms with Crippen LogP contribution in [0.3, 0.4) is 0 Å². The molecular weight excluding hydrogens is 372 g/mol.